The van der Waals surface area contributed by atoms with Gasteiger partial charge >= 0.3 is 6.03 Å². The zero-order valence-corrected chi connectivity index (χ0v) is 25.7. The molecule has 11 heteroatoms. The number of benzene rings is 2. The third-order valence-electron chi connectivity index (χ3n) is 8.97. The number of piperidine rings is 1. The third kappa shape index (κ3) is 5.39. The molecule has 2 N–H and O–H groups in total. The van der Waals surface area contributed by atoms with Gasteiger partial charge < -0.3 is 25.2 Å². The van der Waals surface area contributed by atoms with E-state index in [9.17, 15) is 14.4 Å². The third-order valence-corrected chi connectivity index (χ3v) is 10.3. The maximum Gasteiger partial charge on any atom is 0.327 e. The van der Waals surface area contributed by atoms with Gasteiger partial charge in [-0.3, -0.25) is 14.5 Å². The van der Waals surface area contributed by atoms with E-state index >= 15 is 0 Å². The summed E-state index contributed by atoms with van der Waals surface area (Å²) in [5, 5.41) is 6.50. The molecule has 4 atom stereocenters. The monoisotopic (exact) mass is 612 g/mol. The largest absolute Gasteiger partial charge is 0.457 e. The number of nitrogens with one attached hydrogen (secondary N) is 2. The van der Waals surface area contributed by atoms with Gasteiger partial charge in [0.1, 0.15) is 21.8 Å². The van der Waals surface area contributed by atoms with Crippen molar-refractivity contribution in [2.75, 3.05) is 38.1 Å². The van der Waals surface area contributed by atoms with Crippen LogP contribution in [0.15, 0.2) is 65.8 Å². The van der Waals surface area contributed by atoms with Crippen LogP contribution in [0.2, 0.25) is 0 Å². The molecule has 2 unspecified atom stereocenters. The summed E-state index contributed by atoms with van der Waals surface area (Å²) >= 11 is 1.38. The summed E-state index contributed by atoms with van der Waals surface area (Å²) in [6, 6.07) is 16.1. The van der Waals surface area contributed by atoms with Crippen LogP contribution < -0.4 is 20.3 Å². The fraction of sp³-hybridized carbons (Fsp3) is 0.394. The highest BCUT2D eigenvalue weighted by atomic mass is 32.2. The average Bonchev–Trinajstić information content (AvgIpc) is 3.63. The number of thioether (sulfide) groups is 1. The van der Waals surface area contributed by atoms with Crippen molar-refractivity contribution in [3.8, 4) is 11.5 Å². The predicted octanol–water partition coefficient (Wildman–Crippen LogP) is 4.62. The second kappa shape index (κ2) is 11.8. The standard InChI is InChI=1S/C33H36N6O4S/c1-20-17-24(43-23-8-4-3-5-9-23)10-11-25(20)39-26-12-14-34-31-27(26)28(36-33(39)42)29(44-31)30(40)35-22-7-6-15-38(19-22)32(41)21-13-16-37(2)18-21/h3-5,8-12,14,17,21-22,28-29H,6-7,13,15-16,18-19H2,1-2H3,(H,35,40)(H,36,42)/t21-,22+,28?,29?/m0/s1. The molecule has 7 rings (SSSR count). The van der Waals surface area contributed by atoms with Gasteiger partial charge in [0.2, 0.25) is 11.8 Å². The fourth-order valence-electron chi connectivity index (χ4n) is 6.80. The van der Waals surface area contributed by atoms with Crippen LogP contribution in [0.4, 0.5) is 16.2 Å². The molecule has 2 aromatic carbocycles. The Morgan fingerprint density at radius 3 is 2.64 bits per heavy atom. The minimum Gasteiger partial charge on any atom is -0.457 e. The molecule has 10 nitrogen and oxygen atoms in total. The Labute approximate surface area is 261 Å². The lowest BCUT2D eigenvalue weighted by Gasteiger charge is -2.36. The number of carbonyl (C=O) groups excluding carboxylic acids is 3. The summed E-state index contributed by atoms with van der Waals surface area (Å²) in [5.74, 6) is 1.50. The second-order valence-electron chi connectivity index (χ2n) is 12.1. The van der Waals surface area contributed by atoms with E-state index in [2.05, 4.69) is 20.5 Å². The van der Waals surface area contributed by atoms with Crippen molar-refractivity contribution in [1.82, 2.24) is 25.4 Å². The summed E-state index contributed by atoms with van der Waals surface area (Å²) in [6.07, 6.45) is 4.25. The van der Waals surface area contributed by atoms with Gasteiger partial charge in [-0.05, 0) is 81.7 Å². The number of ether oxygens (including phenoxy) is 1. The fourth-order valence-corrected chi connectivity index (χ4v) is 8.04. The molecule has 3 aromatic rings. The van der Waals surface area contributed by atoms with Crippen LogP contribution in [-0.4, -0.2) is 77.1 Å². The van der Waals surface area contributed by atoms with Crippen LogP contribution in [0.25, 0.3) is 0 Å². The number of aromatic nitrogens is 1. The van der Waals surface area contributed by atoms with E-state index in [0.29, 0.717) is 12.3 Å². The van der Waals surface area contributed by atoms with Gasteiger partial charge in [-0.1, -0.05) is 30.0 Å². The lowest BCUT2D eigenvalue weighted by molar-refractivity contribution is -0.137. The minimum atomic E-state index is -0.554. The molecule has 4 amide bonds. The highest BCUT2D eigenvalue weighted by molar-refractivity contribution is 8.01. The van der Waals surface area contributed by atoms with Crippen molar-refractivity contribution in [3.05, 3.63) is 71.9 Å². The van der Waals surface area contributed by atoms with Crippen molar-refractivity contribution >= 4 is 41.0 Å². The molecule has 44 heavy (non-hydrogen) atoms. The van der Waals surface area contributed by atoms with Gasteiger partial charge in [-0.15, -0.1) is 0 Å². The normalized spacial score (nSPS) is 24.5. The predicted molar refractivity (Wildman–Crippen MR) is 168 cm³/mol. The Hall–Kier alpha value is -4.09. The van der Waals surface area contributed by atoms with E-state index in [1.54, 1.807) is 11.1 Å². The van der Waals surface area contributed by atoms with Crippen LogP contribution in [0.1, 0.15) is 36.4 Å². The molecule has 4 aliphatic rings. The first-order valence-corrected chi connectivity index (χ1v) is 16.1. The van der Waals surface area contributed by atoms with E-state index in [1.807, 2.05) is 73.5 Å². The lowest BCUT2D eigenvalue weighted by Crippen LogP contribution is -2.54. The highest BCUT2D eigenvalue weighted by Gasteiger charge is 2.47. The van der Waals surface area contributed by atoms with E-state index in [4.69, 9.17) is 4.74 Å². The first kappa shape index (κ1) is 28.7. The van der Waals surface area contributed by atoms with Crippen molar-refractivity contribution < 1.29 is 19.1 Å². The molecule has 0 aliphatic carbocycles. The number of carbonyl (C=O) groups is 3. The summed E-state index contributed by atoms with van der Waals surface area (Å²) in [5.41, 5.74) is 3.18. The molecule has 2 saturated heterocycles. The molecule has 5 heterocycles. The molecule has 0 saturated carbocycles. The van der Waals surface area contributed by atoms with Crippen LogP contribution in [-0.2, 0) is 9.59 Å². The van der Waals surface area contributed by atoms with Gasteiger partial charge in [0.15, 0.2) is 0 Å². The molecule has 0 bridgehead atoms. The minimum absolute atomic E-state index is 0.0375. The zero-order chi connectivity index (χ0) is 30.4. The number of likely N-dealkylation sites (tertiary alicyclic amines) is 2. The molecule has 228 valence electrons. The SMILES string of the molecule is Cc1cc(Oc2ccccc2)ccc1N1C(=O)NC2c3c1ccnc3SC2C(=O)N[C@@H]1CCCN(C(=O)[C@H]2CCN(C)C2)C1. The molecule has 4 aliphatic heterocycles. The Balaban J connectivity index is 1.07. The number of amides is 4. The molecular formula is C33H36N6O4S. The van der Waals surface area contributed by atoms with Crippen LogP contribution in [0.5, 0.6) is 11.5 Å². The Morgan fingerprint density at radius 1 is 1.02 bits per heavy atom. The van der Waals surface area contributed by atoms with E-state index in [1.165, 1.54) is 11.8 Å². The topological polar surface area (TPSA) is 107 Å². The number of hydrogen-bond acceptors (Lipinski definition) is 7. The quantitative estimate of drug-likeness (QED) is 0.419. The maximum atomic E-state index is 13.7. The molecular weight excluding hydrogens is 576 g/mol. The summed E-state index contributed by atoms with van der Waals surface area (Å²) < 4.78 is 6.00. The second-order valence-corrected chi connectivity index (χ2v) is 13.2. The zero-order valence-electron chi connectivity index (χ0n) is 24.9. The van der Waals surface area contributed by atoms with E-state index in [0.717, 1.165) is 72.2 Å². The number of urea groups is 1. The number of aryl methyl sites for hydroxylation is 1. The highest BCUT2D eigenvalue weighted by Crippen LogP contribution is 2.51. The number of rotatable bonds is 6. The van der Waals surface area contributed by atoms with Crippen LogP contribution >= 0.6 is 11.8 Å². The van der Waals surface area contributed by atoms with E-state index in [-0.39, 0.29) is 29.8 Å². The lowest BCUT2D eigenvalue weighted by atomic mass is 9.98. The molecule has 0 radical (unpaired) electrons. The summed E-state index contributed by atoms with van der Waals surface area (Å²) in [4.78, 5) is 50.9. The first-order valence-electron chi connectivity index (χ1n) is 15.2. The average molecular weight is 613 g/mol. The van der Waals surface area contributed by atoms with Gasteiger partial charge in [0.05, 0.1) is 23.3 Å². The smallest absolute Gasteiger partial charge is 0.327 e. The Kier molecular flexibility index (Phi) is 7.67. The first-order chi connectivity index (χ1) is 21.4. The number of hydrogen-bond donors (Lipinski definition) is 2. The number of anilines is 2. The van der Waals surface area contributed by atoms with E-state index < -0.39 is 11.3 Å². The number of pyridine rings is 1. The van der Waals surface area contributed by atoms with Crippen molar-refractivity contribution in [2.24, 2.45) is 5.92 Å². The Morgan fingerprint density at radius 2 is 1.86 bits per heavy atom. The van der Waals surface area contributed by atoms with Crippen LogP contribution in [0.3, 0.4) is 0 Å². The Bertz CT molecular complexity index is 1600. The molecule has 1 aromatic heterocycles. The van der Waals surface area contributed by atoms with Gasteiger partial charge in [-0.2, -0.15) is 0 Å². The van der Waals surface area contributed by atoms with Crippen LogP contribution in [0, 0.1) is 12.8 Å². The number of para-hydroxylation sites is 1. The molecule has 0 spiro atoms. The van der Waals surface area contributed by atoms with Crippen molar-refractivity contribution in [1.29, 1.82) is 0 Å². The van der Waals surface area contributed by atoms with Crippen molar-refractivity contribution in [3.63, 3.8) is 0 Å². The van der Waals surface area contributed by atoms with Gasteiger partial charge in [0.25, 0.3) is 0 Å². The van der Waals surface area contributed by atoms with Gasteiger partial charge in [0, 0.05) is 37.4 Å². The summed E-state index contributed by atoms with van der Waals surface area (Å²) in [7, 11) is 2.05. The summed E-state index contributed by atoms with van der Waals surface area (Å²) in [6.45, 7) is 4.94. The van der Waals surface area contributed by atoms with Crippen molar-refractivity contribution in [2.45, 2.75) is 48.5 Å². The number of nitrogens with zero attached hydrogens (tertiary/aromatic N) is 4. The molecule has 2 fully saturated rings. The van der Waals surface area contributed by atoms with Gasteiger partial charge in [-0.25, -0.2) is 9.78 Å². The maximum absolute atomic E-state index is 13.7.